The van der Waals surface area contributed by atoms with Crippen molar-refractivity contribution in [1.82, 2.24) is 19.1 Å². The van der Waals surface area contributed by atoms with Gasteiger partial charge in [0.2, 0.25) is 0 Å². The average molecular weight is 1010 g/mol. The molecule has 0 fully saturated rings. The standard InChI is InChI=1S/C56H47N5O.Pt/c1-55(2,3)35-38-30-31-57-53(32-38)61-47-25-14-13-22-44(47)45-29-28-41(33-50(45)61)62-51-34-52(58-36-46(51)56(4,5)6)59-37-60(49-27-16-15-26-48(49)59)54-42(39-18-9-7-10-19-39)23-17-24-43(54)40-20-11-8-12-21-40;/h7-32,36H,35H2,1-6H3;/q-2;/i7D,8D,9D,10D,11D,12D,18D,19D,20D,21D,35D2;. The monoisotopic (exact) mass is 1010 g/mol. The van der Waals surface area contributed by atoms with Gasteiger partial charge in [-0.25, -0.2) is 4.98 Å². The van der Waals surface area contributed by atoms with E-state index in [0.717, 1.165) is 16.3 Å². The average Bonchev–Trinajstić information content (AvgIpc) is 3.92. The number of rotatable bonds is 8. The number of benzene rings is 6. The van der Waals surface area contributed by atoms with E-state index in [4.69, 9.17) is 31.2 Å². The number of nitrogens with zero attached hydrogens (tertiary/aromatic N) is 5. The van der Waals surface area contributed by atoms with Crippen LogP contribution in [0.1, 0.15) is 69.1 Å². The Morgan fingerprint density at radius 3 is 2.06 bits per heavy atom. The van der Waals surface area contributed by atoms with E-state index in [9.17, 15) is 0 Å². The molecule has 63 heavy (non-hydrogen) atoms. The van der Waals surface area contributed by atoms with E-state index in [1.54, 1.807) is 70.1 Å². The molecule has 7 heteroatoms. The number of ether oxygens (including phenoxy) is 1. The van der Waals surface area contributed by atoms with Crippen molar-refractivity contribution in [1.29, 1.82) is 0 Å². The fraction of sp³-hybridized carbons (Fsp3) is 0.161. The van der Waals surface area contributed by atoms with Crippen molar-refractivity contribution in [2.75, 3.05) is 0 Å². The molecule has 6 nitrogen and oxygen atoms in total. The van der Waals surface area contributed by atoms with Crippen molar-refractivity contribution in [2.45, 2.75) is 53.3 Å². The molecule has 0 saturated heterocycles. The maximum Gasteiger partial charge on any atom is 0.269 e. The van der Waals surface area contributed by atoms with Gasteiger partial charge in [-0.2, -0.15) is 12.1 Å². The summed E-state index contributed by atoms with van der Waals surface area (Å²) in [7, 11) is 0. The van der Waals surface area contributed by atoms with E-state index in [2.05, 4.69) is 18.5 Å². The molecule has 4 aromatic heterocycles. The van der Waals surface area contributed by atoms with E-state index in [1.165, 1.54) is 0 Å². The normalized spacial score (nSPS) is 14.8. The molecule has 0 atom stereocenters. The van der Waals surface area contributed by atoms with Crippen LogP contribution in [0.15, 0.2) is 164 Å². The Morgan fingerprint density at radius 1 is 0.714 bits per heavy atom. The smallest absolute Gasteiger partial charge is 0.269 e. The van der Waals surface area contributed by atoms with Gasteiger partial charge in [0.1, 0.15) is 5.82 Å². The molecule has 0 aliphatic rings. The summed E-state index contributed by atoms with van der Waals surface area (Å²) in [5.74, 6) is 1.39. The molecule has 6 aromatic carbocycles. The molecule has 10 rings (SSSR count). The Hall–Kier alpha value is -6.62. The van der Waals surface area contributed by atoms with Gasteiger partial charge in [0, 0.05) is 41.3 Å². The number of aromatic nitrogens is 5. The third kappa shape index (κ3) is 8.01. The predicted molar refractivity (Wildman–Crippen MR) is 250 cm³/mol. The van der Waals surface area contributed by atoms with E-state index in [1.807, 2.05) is 88.6 Å². The zero-order valence-electron chi connectivity index (χ0n) is 47.3. The van der Waals surface area contributed by atoms with E-state index < -0.39 is 77.6 Å². The molecule has 0 aliphatic heterocycles. The number of imidazole rings is 1. The number of fused-ring (bicyclic) bond motifs is 4. The molecular weight excluding hydrogens is 954 g/mol. The molecule has 0 aliphatic carbocycles. The van der Waals surface area contributed by atoms with Gasteiger partial charge in [0.25, 0.3) is 6.33 Å². The second-order valence-electron chi connectivity index (χ2n) is 17.0. The Balaban J connectivity index is 0.00000689. The minimum atomic E-state index is -1.68. The molecule has 0 spiro atoms. The molecule has 0 N–H and O–H groups in total. The van der Waals surface area contributed by atoms with Gasteiger partial charge < -0.3 is 9.30 Å². The molecule has 0 amide bonds. The zero-order chi connectivity index (χ0) is 53.1. The summed E-state index contributed by atoms with van der Waals surface area (Å²) in [5.41, 5.74) is 2.45. The van der Waals surface area contributed by atoms with Crippen molar-refractivity contribution in [2.24, 2.45) is 5.41 Å². The molecule has 4 heterocycles. The second kappa shape index (κ2) is 16.6. The van der Waals surface area contributed by atoms with E-state index in [0.29, 0.717) is 45.0 Å². The SMILES string of the molecule is [2H]c1c([2H])c([2H])c(-c2cccc(-c3c([2H])c([2H])c([2H])c([2H])c3[2H])c2-[n+]2[c-]n(-c3[c-]c(Oc4[c-]c5c(cc4)c4ccccc4n5-c4cc(C([2H])([2H])C(C)(C)C)ccn4)c(C(C)(C)C)cn3)c3ccccc32)c([2H])c1[2H].[Pt]. The van der Waals surface area contributed by atoms with Gasteiger partial charge in [-0.3, -0.25) is 14.1 Å². The maximum absolute atomic E-state index is 9.05. The molecular formula is C56H47N5OPt-2. The van der Waals surface area contributed by atoms with Crippen LogP contribution in [0.25, 0.3) is 72.4 Å². The first-order valence-electron chi connectivity index (χ1n) is 26.2. The van der Waals surface area contributed by atoms with Crippen LogP contribution >= 0.6 is 0 Å². The summed E-state index contributed by atoms with van der Waals surface area (Å²) in [4.78, 5) is 9.65. The number of hydrogen-bond donors (Lipinski definition) is 0. The summed E-state index contributed by atoms with van der Waals surface area (Å²) in [6.45, 7) is 11.7. The third-order valence-electron chi connectivity index (χ3n) is 10.4. The fourth-order valence-corrected chi connectivity index (χ4v) is 7.79. The maximum atomic E-state index is 9.05. The first kappa shape index (κ1) is 29.6. The Kier molecular flexibility index (Phi) is 7.80. The molecule has 0 radical (unpaired) electrons. The first-order valence-corrected chi connectivity index (χ1v) is 20.2. The molecule has 314 valence electrons. The second-order valence-corrected chi connectivity index (χ2v) is 17.0. The van der Waals surface area contributed by atoms with Crippen molar-refractivity contribution >= 4 is 32.8 Å². The predicted octanol–water partition coefficient (Wildman–Crippen LogP) is 13.2. The van der Waals surface area contributed by atoms with Crippen LogP contribution in [0.2, 0.25) is 0 Å². The Bertz CT molecular complexity index is 3830. The van der Waals surface area contributed by atoms with Gasteiger partial charge in [0.15, 0.2) is 0 Å². The van der Waals surface area contributed by atoms with Crippen LogP contribution in [-0.4, -0.2) is 19.1 Å². The Labute approximate surface area is 400 Å². The van der Waals surface area contributed by atoms with Gasteiger partial charge >= 0.3 is 0 Å². The summed E-state index contributed by atoms with van der Waals surface area (Å²) in [6.07, 6.45) is 5.01. The summed E-state index contributed by atoms with van der Waals surface area (Å²) in [6, 6.07) is 28.4. The molecule has 10 aromatic rings. The summed E-state index contributed by atoms with van der Waals surface area (Å²) < 4.78 is 117. The van der Waals surface area contributed by atoms with Crippen LogP contribution in [0.5, 0.6) is 11.5 Å². The van der Waals surface area contributed by atoms with Crippen molar-refractivity contribution in [3.05, 3.63) is 193 Å². The van der Waals surface area contributed by atoms with Crippen LogP contribution in [0, 0.1) is 23.9 Å². The number of para-hydroxylation sites is 4. The van der Waals surface area contributed by atoms with Crippen molar-refractivity contribution in [3.8, 4) is 51.1 Å². The van der Waals surface area contributed by atoms with Gasteiger partial charge in [-0.1, -0.05) is 180 Å². The topological polar surface area (TPSA) is 48.8 Å². The van der Waals surface area contributed by atoms with E-state index in [-0.39, 0.29) is 54.8 Å². The number of pyridine rings is 2. The molecule has 0 bridgehead atoms. The van der Waals surface area contributed by atoms with Crippen molar-refractivity contribution < 1.29 is 46.8 Å². The molecule has 0 saturated carbocycles. The summed E-state index contributed by atoms with van der Waals surface area (Å²) in [5, 5.41) is 1.81. The minimum absolute atomic E-state index is 0. The van der Waals surface area contributed by atoms with Gasteiger partial charge in [-0.15, -0.1) is 23.1 Å². The fourth-order valence-electron chi connectivity index (χ4n) is 7.79. The zero-order valence-corrected chi connectivity index (χ0v) is 37.5. The quantitative estimate of drug-likeness (QED) is 0.113. The van der Waals surface area contributed by atoms with Crippen molar-refractivity contribution in [3.63, 3.8) is 0 Å². The first-order chi connectivity index (χ1) is 34.9. The third-order valence-corrected chi connectivity index (χ3v) is 10.4. The van der Waals surface area contributed by atoms with Gasteiger partial charge in [0.05, 0.1) is 36.2 Å². The molecule has 0 unspecified atom stereocenters. The minimum Gasteiger partial charge on any atom is -0.521 e. The van der Waals surface area contributed by atoms with Crippen LogP contribution < -0.4 is 9.30 Å². The van der Waals surface area contributed by atoms with Gasteiger partial charge in [-0.05, 0) is 68.9 Å². The van der Waals surface area contributed by atoms with Crippen LogP contribution in [0.3, 0.4) is 0 Å². The van der Waals surface area contributed by atoms with Crippen LogP contribution in [-0.2, 0) is 32.9 Å². The Morgan fingerprint density at radius 2 is 1.38 bits per heavy atom. The summed E-state index contributed by atoms with van der Waals surface area (Å²) >= 11 is 0. The largest absolute Gasteiger partial charge is 0.521 e. The van der Waals surface area contributed by atoms with Crippen LogP contribution in [0.4, 0.5) is 0 Å². The number of hydrogen-bond acceptors (Lipinski definition) is 3. The van der Waals surface area contributed by atoms with E-state index >= 15 is 0 Å².